The molecule has 0 aliphatic heterocycles. The highest BCUT2D eigenvalue weighted by molar-refractivity contribution is 6.26. The molecule has 4 atom stereocenters. The van der Waals surface area contributed by atoms with E-state index >= 15 is 0 Å². The molecule has 17 heavy (non-hydrogen) atoms. The van der Waals surface area contributed by atoms with E-state index in [4.69, 9.17) is 16.3 Å². The van der Waals surface area contributed by atoms with Gasteiger partial charge in [-0.15, -0.1) is 11.6 Å². The third kappa shape index (κ3) is 2.10. The summed E-state index contributed by atoms with van der Waals surface area (Å²) in [4.78, 5) is 23.4. The Bertz CT molecular complexity index is 351. The van der Waals surface area contributed by atoms with E-state index in [1.165, 1.54) is 0 Å². The Morgan fingerprint density at radius 2 is 2.18 bits per heavy atom. The average Bonchev–Trinajstić information content (AvgIpc) is 2.26. The van der Waals surface area contributed by atoms with Crippen LogP contribution in [0.1, 0.15) is 33.6 Å². The van der Waals surface area contributed by atoms with Gasteiger partial charge in [0.1, 0.15) is 17.8 Å². The standard InChI is InChI=1S/C13H19ClO3/c1-7-9-4-10(17-11(15)6-14)8(12(7)16)5-13(9,2)3/h7-10H,4-6H2,1-3H3/t7-,8-,9-,10-/m0/s1. The van der Waals surface area contributed by atoms with Gasteiger partial charge in [-0.1, -0.05) is 20.8 Å². The van der Waals surface area contributed by atoms with E-state index < -0.39 is 5.97 Å². The first-order valence-electron chi connectivity index (χ1n) is 6.16. The SMILES string of the molecule is C[C@@H]1C(=O)[C@H]2CC(C)(C)[C@H]1C[C@@H]2OC(=O)CCl. The molecule has 0 amide bonds. The molecule has 4 heteroatoms. The molecule has 3 aliphatic carbocycles. The minimum atomic E-state index is -0.414. The predicted octanol–water partition coefficient (Wildman–Crippen LogP) is 2.41. The second-order valence-corrected chi connectivity index (χ2v) is 6.26. The van der Waals surface area contributed by atoms with Crippen LogP contribution < -0.4 is 0 Å². The van der Waals surface area contributed by atoms with E-state index in [1.807, 2.05) is 6.92 Å². The van der Waals surface area contributed by atoms with Crippen LogP contribution in [-0.2, 0) is 14.3 Å². The van der Waals surface area contributed by atoms with Crippen molar-refractivity contribution in [3.63, 3.8) is 0 Å². The number of hydrogen-bond donors (Lipinski definition) is 0. The van der Waals surface area contributed by atoms with Crippen LogP contribution in [0.2, 0.25) is 0 Å². The highest BCUT2D eigenvalue weighted by atomic mass is 35.5. The van der Waals surface area contributed by atoms with Gasteiger partial charge >= 0.3 is 5.97 Å². The Labute approximate surface area is 107 Å². The van der Waals surface area contributed by atoms with E-state index in [2.05, 4.69) is 13.8 Å². The molecule has 3 saturated carbocycles. The lowest BCUT2D eigenvalue weighted by molar-refractivity contribution is -0.172. The van der Waals surface area contributed by atoms with Gasteiger partial charge in [-0.2, -0.15) is 0 Å². The van der Waals surface area contributed by atoms with Crippen molar-refractivity contribution in [1.82, 2.24) is 0 Å². The number of ether oxygens (including phenoxy) is 1. The van der Waals surface area contributed by atoms with Crippen molar-refractivity contribution < 1.29 is 14.3 Å². The van der Waals surface area contributed by atoms with Crippen LogP contribution in [0.4, 0.5) is 0 Å². The number of hydrogen-bond acceptors (Lipinski definition) is 3. The molecule has 96 valence electrons. The zero-order valence-electron chi connectivity index (χ0n) is 10.5. The van der Waals surface area contributed by atoms with Gasteiger partial charge in [-0.25, -0.2) is 0 Å². The second-order valence-electron chi connectivity index (χ2n) is 5.99. The van der Waals surface area contributed by atoms with E-state index in [0.29, 0.717) is 5.92 Å². The molecule has 0 heterocycles. The van der Waals surface area contributed by atoms with Crippen molar-refractivity contribution in [2.75, 3.05) is 5.88 Å². The summed E-state index contributed by atoms with van der Waals surface area (Å²) in [6, 6.07) is 0. The summed E-state index contributed by atoms with van der Waals surface area (Å²) >= 11 is 5.43. The van der Waals surface area contributed by atoms with E-state index in [1.54, 1.807) is 0 Å². The molecule has 2 bridgehead atoms. The normalized spacial score (nSPS) is 39.2. The molecule has 0 aromatic carbocycles. The average molecular weight is 259 g/mol. The van der Waals surface area contributed by atoms with Gasteiger partial charge < -0.3 is 4.74 Å². The number of rotatable bonds is 2. The molecular weight excluding hydrogens is 240 g/mol. The molecular formula is C13H19ClO3. The maximum Gasteiger partial charge on any atom is 0.321 e. The van der Waals surface area contributed by atoms with Crippen molar-refractivity contribution in [2.45, 2.75) is 39.7 Å². The highest BCUT2D eigenvalue weighted by Gasteiger charge is 2.55. The van der Waals surface area contributed by atoms with Crippen molar-refractivity contribution in [2.24, 2.45) is 23.2 Å². The molecule has 3 rings (SSSR count). The lowest BCUT2D eigenvalue weighted by atomic mass is 9.52. The summed E-state index contributed by atoms with van der Waals surface area (Å²) in [6.45, 7) is 6.40. The number of carbonyl (C=O) groups is 2. The monoisotopic (exact) mass is 258 g/mol. The molecule has 0 unspecified atom stereocenters. The van der Waals surface area contributed by atoms with E-state index in [9.17, 15) is 9.59 Å². The highest BCUT2D eigenvalue weighted by Crippen LogP contribution is 2.53. The van der Waals surface area contributed by atoms with E-state index in [-0.39, 0.29) is 35.0 Å². The molecule has 3 fully saturated rings. The van der Waals surface area contributed by atoms with Crippen LogP contribution in [0.5, 0.6) is 0 Å². The largest absolute Gasteiger partial charge is 0.461 e. The number of Topliss-reactive ketones (excluding diaryl/α,β-unsaturated/α-hetero) is 1. The van der Waals surface area contributed by atoms with Crippen LogP contribution in [0.25, 0.3) is 0 Å². The fourth-order valence-electron chi connectivity index (χ4n) is 3.61. The smallest absolute Gasteiger partial charge is 0.321 e. The van der Waals surface area contributed by atoms with Gasteiger partial charge in [-0.3, -0.25) is 9.59 Å². The summed E-state index contributed by atoms with van der Waals surface area (Å²) < 4.78 is 5.29. The zero-order chi connectivity index (χ0) is 12.8. The third-order valence-electron chi connectivity index (χ3n) is 4.49. The topological polar surface area (TPSA) is 43.4 Å². The van der Waals surface area contributed by atoms with Gasteiger partial charge in [0, 0.05) is 5.92 Å². The molecule has 3 aliphatic rings. The summed E-state index contributed by atoms with van der Waals surface area (Å²) in [6.07, 6.45) is 1.37. The minimum absolute atomic E-state index is 0.0923. The first-order chi connectivity index (χ1) is 7.86. The van der Waals surface area contributed by atoms with Crippen molar-refractivity contribution in [1.29, 1.82) is 0 Å². The molecule has 0 radical (unpaired) electrons. The molecule has 0 N–H and O–H groups in total. The van der Waals surface area contributed by atoms with Crippen LogP contribution >= 0.6 is 11.6 Å². The third-order valence-corrected chi connectivity index (χ3v) is 4.71. The number of alkyl halides is 1. The predicted molar refractivity (Wildman–Crippen MR) is 64.8 cm³/mol. The Balaban J connectivity index is 2.17. The number of carbonyl (C=O) groups excluding carboxylic acids is 2. The first kappa shape index (κ1) is 12.9. The number of halogens is 1. The lowest BCUT2D eigenvalue weighted by Crippen LogP contribution is -2.56. The van der Waals surface area contributed by atoms with Crippen molar-refractivity contribution in [3.05, 3.63) is 0 Å². The van der Waals surface area contributed by atoms with Gasteiger partial charge in [0.2, 0.25) is 0 Å². The van der Waals surface area contributed by atoms with Gasteiger partial charge in [0.05, 0.1) is 5.92 Å². The van der Waals surface area contributed by atoms with Crippen LogP contribution in [-0.4, -0.2) is 23.7 Å². The fourth-order valence-corrected chi connectivity index (χ4v) is 3.68. The molecule has 0 spiro atoms. The molecule has 0 aromatic heterocycles. The van der Waals surface area contributed by atoms with Gasteiger partial charge in [0.15, 0.2) is 0 Å². The Morgan fingerprint density at radius 3 is 2.76 bits per heavy atom. The quantitative estimate of drug-likeness (QED) is 0.564. The van der Waals surface area contributed by atoms with E-state index in [0.717, 1.165) is 12.8 Å². The van der Waals surface area contributed by atoms with Crippen molar-refractivity contribution >= 4 is 23.4 Å². The summed E-state index contributed by atoms with van der Waals surface area (Å²) in [5.41, 5.74) is 0.169. The maximum atomic E-state index is 12.1. The van der Waals surface area contributed by atoms with Crippen LogP contribution in [0.3, 0.4) is 0 Å². The van der Waals surface area contributed by atoms with Gasteiger partial charge in [0.25, 0.3) is 0 Å². The van der Waals surface area contributed by atoms with Crippen LogP contribution in [0.15, 0.2) is 0 Å². The Kier molecular flexibility index (Phi) is 3.23. The Hall–Kier alpha value is -0.570. The maximum absolute atomic E-state index is 12.1. The second kappa shape index (κ2) is 4.27. The number of ketones is 1. The zero-order valence-corrected chi connectivity index (χ0v) is 11.3. The molecule has 0 saturated heterocycles. The van der Waals surface area contributed by atoms with Gasteiger partial charge in [-0.05, 0) is 24.2 Å². The number of fused-ring (bicyclic) bond motifs is 3. The molecule has 0 aromatic rings. The van der Waals surface area contributed by atoms with Crippen molar-refractivity contribution in [3.8, 4) is 0 Å². The summed E-state index contributed by atoms with van der Waals surface area (Å²) in [5.74, 6) is -0.0171. The van der Waals surface area contributed by atoms with Crippen LogP contribution in [0, 0.1) is 23.2 Å². The summed E-state index contributed by atoms with van der Waals surface area (Å²) in [7, 11) is 0. The Morgan fingerprint density at radius 1 is 1.53 bits per heavy atom. The fraction of sp³-hybridized carbons (Fsp3) is 0.846. The minimum Gasteiger partial charge on any atom is -0.461 e. The molecule has 3 nitrogen and oxygen atoms in total. The first-order valence-corrected chi connectivity index (χ1v) is 6.69. The lowest BCUT2D eigenvalue weighted by Gasteiger charge is -2.53. The number of esters is 1. The summed E-state index contributed by atoms with van der Waals surface area (Å²) in [5, 5.41) is 0.